The van der Waals surface area contributed by atoms with Crippen LogP contribution in [0.5, 0.6) is 0 Å². The van der Waals surface area contributed by atoms with Crippen LogP contribution in [0.15, 0.2) is 30.3 Å². The third kappa shape index (κ3) is 2.14. The molecule has 0 bridgehead atoms. The lowest BCUT2D eigenvalue weighted by Gasteiger charge is -2.29. The van der Waals surface area contributed by atoms with Crippen molar-refractivity contribution >= 4 is 5.82 Å². The fourth-order valence-corrected chi connectivity index (χ4v) is 3.59. The van der Waals surface area contributed by atoms with E-state index < -0.39 is 0 Å². The number of benzene rings is 1. The quantitative estimate of drug-likeness (QED) is 0.919. The predicted octanol–water partition coefficient (Wildman–Crippen LogP) is 3.25. The Bertz CT molecular complexity index is 629. The molecule has 110 valence electrons. The summed E-state index contributed by atoms with van der Waals surface area (Å²) < 4.78 is 7.81. The molecule has 2 aliphatic rings. The number of nitrogens with zero attached hydrogens (tertiary/aromatic N) is 2. The van der Waals surface area contributed by atoms with Crippen molar-refractivity contribution in [1.82, 2.24) is 9.78 Å². The second-order valence-electron chi connectivity index (χ2n) is 6.04. The zero-order valence-corrected chi connectivity index (χ0v) is 12.4. The molecule has 1 saturated heterocycles. The van der Waals surface area contributed by atoms with Crippen molar-refractivity contribution in [3.8, 4) is 11.3 Å². The summed E-state index contributed by atoms with van der Waals surface area (Å²) in [7, 11) is 0. The number of rotatable bonds is 2. The number of anilines is 1. The van der Waals surface area contributed by atoms with Gasteiger partial charge in [-0.15, -0.1) is 0 Å². The monoisotopic (exact) mass is 283 g/mol. The van der Waals surface area contributed by atoms with Gasteiger partial charge in [0.2, 0.25) is 0 Å². The standard InChI is InChI=1S/C17H21N3O/c1-12-16(13-5-3-2-4-6-13)19-20-15(7-9-18-17(12)20)14-8-10-21-11-14/h2-6,14-15,18H,7-11H2,1H3. The molecule has 2 aliphatic heterocycles. The SMILES string of the molecule is Cc1c(-c2ccccc2)nn2c1NCCC2C1CCOC1. The second kappa shape index (κ2) is 5.19. The van der Waals surface area contributed by atoms with Crippen molar-refractivity contribution in [2.45, 2.75) is 25.8 Å². The van der Waals surface area contributed by atoms with Crippen LogP contribution in [0.1, 0.15) is 24.4 Å². The highest BCUT2D eigenvalue weighted by molar-refractivity contribution is 5.69. The van der Waals surface area contributed by atoms with E-state index in [2.05, 4.69) is 41.2 Å². The Morgan fingerprint density at radius 2 is 2.10 bits per heavy atom. The van der Waals surface area contributed by atoms with Gasteiger partial charge in [0.25, 0.3) is 0 Å². The average molecular weight is 283 g/mol. The molecule has 4 rings (SSSR count). The van der Waals surface area contributed by atoms with E-state index in [-0.39, 0.29) is 0 Å². The molecule has 0 amide bonds. The van der Waals surface area contributed by atoms with E-state index in [1.165, 1.54) is 16.9 Å². The molecule has 1 aromatic carbocycles. The maximum Gasteiger partial charge on any atom is 0.128 e. The maximum atomic E-state index is 5.59. The Balaban J connectivity index is 1.76. The zero-order chi connectivity index (χ0) is 14.2. The first-order valence-electron chi connectivity index (χ1n) is 7.81. The smallest absolute Gasteiger partial charge is 0.128 e. The minimum Gasteiger partial charge on any atom is -0.381 e. The first-order valence-corrected chi connectivity index (χ1v) is 7.81. The molecule has 4 nitrogen and oxygen atoms in total. The summed E-state index contributed by atoms with van der Waals surface area (Å²) in [5.74, 6) is 1.80. The molecule has 0 aliphatic carbocycles. The average Bonchev–Trinajstić information content (AvgIpc) is 3.17. The lowest BCUT2D eigenvalue weighted by atomic mass is 9.95. The van der Waals surface area contributed by atoms with E-state index in [9.17, 15) is 0 Å². The number of fused-ring (bicyclic) bond motifs is 1. The molecule has 0 radical (unpaired) electrons. The summed E-state index contributed by atoms with van der Waals surface area (Å²) >= 11 is 0. The van der Waals surface area contributed by atoms with E-state index >= 15 is 0 Å². The van der Waals surface area contributed by atoms with Crippen LogP contribution < -0.4 is 5.32 Å². The minimum absolute atomic E-state index is 0.472. The number of nitrogens with one attached hydrogen (secondary N) is 1. The van der Waals surface area contributed by atoms with Crippen molar-refractivity contribution in [3.63, 3.8) is 0 Å². The van der Waals surface area contributed by atoms with Gasteiger partial charge in [-0.05, 0) is 19.8 Å². The van der Waals surface area contributed by atoms with E-state index in [4.69, 9.17) is 9.84 Å². The topological polar surface area (TPSA) is 39.1 Å². The van der Waals surface area contributed by atoms with Crippen molar-refractivity contribution in [2.24, 2.45) is 5.92 Å². The molecule has 21 heavy (non-hydrogen) atoms. The van der Waals surface area contributed by atoms with Crippen LogP contribution in [-0.2, 0) is 4.74 Å². The van der Waals surface area contributed by atoms with E-state index in [1.54, 1.807) is 0 Å². The minimum atomic E-state index is 0.472. The molecule has 1 aromatic heterocycles. The first kappa shape index (κ1) is 12.9. The second-order valence-corrected chi connectivity index (χ2v) is 6.04. The summed E-state index contributed by atoms with van der Waals surface area (Å²) in [6, 6.07) is 10.9. The molecule has 1 N–H and O–H groups in total. The zero-order valence-electron chi connectivity index (χ0n) is 12.4. The highest BCUT2D eigenvalue weighted by Gasteiger charge is 2.33. The lowest BCUT2D eigenvalue weighted by molar-refractivity contribution is 0.167. The Morgan fingerprint density at radius 1 is 1.24 bits per heavy atom. The molecule has 3 heterocycles. The van der Waals surface area contributed by atoms with Crippen LogP contribution in [0.3, 0.4) is 0 Å². The molecule has 4 heteroatoms. The largest absolute Gasteiger partial charge is 0.381 e. The fraction of sp³-hybridized carbons (Fsp3) is 0.471. The van der Waals surface area contributed by atoms with Gasteiger partial charge in [-0.25, -0.2) is 4.68 Å². The molecule has 2 unspecified atom stereocenters. The summed E-state index contributed by atoms with van der Waals surface area (Å²) in [6.45, 7) is 4.98. The van der Waals surface area contributed by atoms with Gasteiger partial charge >= 0.3 is 0 Å². The van der Waals surface area contributed by atoms with Gasteiger partial charge in [0, 0.05) is 30.2 Å². The molecule has 0 spiro atoms. The number of ether oxygens (including phenoxy) is 1. The van der Waals surface area contributed by atoms with Crippen molar-refractivity contribution in [3.05, 3.63) is 35.9 Å². The fourth-order valence-electron chi connectivity index (χ4n) is 3.59. The normalized spacial score (nSPS) is 24.6. The summed E-state index contributed by atoms with van der Waals surface area (Å²) in [5.41, 5.74) is 3.55. The Kier molecular flexibility index (Phi) is 3.19. The van der Waals surface area contributed by atoms with Crippen LogP contribution in [0.25, 0.3) is 11.3 Å². The number of hydrogen-bond acceptors (Lipinski definition) is 3. The molecule has 0 saturated carbocycles. The Morgan fingerprint density at radius 3 is 2.86 bits per heavy atom. The van der Waals surface area contributed by atoms with Crippen molar-refractivity contribution in [2.75, 3.05) is 25.1 Å². The van der Waals surface area contributed by atoms with Crippen molar-refractivity contribution in [1.29, 1.82) is 0 Å². The molecule has 1 fully saturated rings. The Hall–Kier alpha value is -1.81. The highest BCUT2D eigenvalue weighted by Crippen LogP contribution is 2.38. The van der Waals surface area contributed by atoms with Gasteiger partial charge in [0.1, 0.15) is 5.82 Å². The number of hydrogen-bond donors (Lipinski definition) is 1. The third-order valence-corrected chi connectivity index (χ3v) is 4.75. The molecular formula is C17H21N3O. The van der Waals surface area contributed by atoms with E-state index in [0.29, 0.717) is 12.0 Å². The van der Waals surface area contributed by atoms with Crippen LogP contribution in [0, 0.1) is 12.8 Å². The van der Waals surface area contributed by atoms with Gasteiger partial charge in [0.15, 0.2) is 0 Å². The first-order chi connectivity index (χ1) is 10.3. The summed E-state index contributed by atoms with van der Waals surface area (Å²) in [4.78, 5) is 0. The van der Waals surface area contributed by atoms with Crippen LogP contribution in [0.2, 0.25) is 0 Å². The van der Waals surface area contributed by atoms with E-state index in [0.717, 1.165) is 38.3 Å². The van der Waals surface area contributed by atoms with Gasteiger partial charge in [0.05, 0.1) is 18.3 Å². The van der Waals surface area contributed by atoms with Gasteiger partial charge in [-0.2, -0.15) is 5.10 Å². The van der Waals surface area contributed by atoms with Gasteiger partial charge in [-0.3, -0.25) is 0 Å². The van der Waals surface area contributed by atoms with Gasteiger partial charge < -0.3 is 10.1 Å². The highest BCUT2D eigenvalue weighted by atomic mass is 16.5. The molecule has 2 atom stereocenters. The van der Waals surface area contributed by atoms with E-state index in [1.807, 2.05) is 6.07 Å². The lowest BCUT2D eigenvalue weighted by Crippen LogP contribution is -2.29. The molecular weight excluding hydrogens is 262 g/mol. The maximum absolute atomic E-state index is 5.59. The summed E-state index contributed by atoms with van der Waals surface area (Å²) in [5, 5.41) is 8.48. The third-order valence-electron chi connectivity index (χ3n) is 4.75. The van der Waals surface area contributed by atoms with Crippen LogP contribution in [0.4, 0.5) is 5.82 Å². The predicted molar refractivity (Wildman–Crippen MR) is 83.5 cm³/mol. The number of aromatic nitrogens is 2. The molecule has 2 aromatic rings. The Labute approximate surface area is 125 Å². The summed E-state index contributed by atoms with van der Waals surface area (Å²) in [6.07, 6.45) is 2.29. The van der Waals surface area contributed by atoms with Gasteiger partial charge in [-0.1, -0.05) is 30.3 Å². The van der Waals surface area contributed by atoms with Crippen LogP contribution in [-0.4, -0.2) is 29.5 Å². The van der Waals surface area contributed by atoms with Crippen LogP contribution >= 0.6 is 0 Å². The van der Waals surface area contributed by atoms with Crippen molar-refractivity contribution < 1.29 is 4.74 Å².